The largest absolute Gasteiger partial charge is 0.493 e. The number of aliphatic hydroxyl groups excluding tert-OH is 2. The summed E-state index contributed by atoms with van der Waals surface area (Å²) >= 11 is 0. The van der Waals surface area contributed by atoms with Gasteiger partial charge in [-0.05, 0) is 135 Å². The Kier molecular flexibility index (Phi) is 19.0. The minimum absolute atomic E-state index is 0.154. The molecule has 0 aromatic heterocycles. The van der Waals surface area contributed by atoms with Gasteiger partial charge >= 0.3 is 17.9 Å². The van der Waals surface area contributed by atoms with Crippen LogP contribution in [0.2, 0.25) is 0 Å². The van der Waals surface area contributed by atoms with Crippen molar-refractivity contribution in [1.82, 2.24) is 0 Å². The van der Waals surface area contributed by atoms with Crippen molar-refractivity contribution in [3.8, 4) is 28.0 Å². The van der Waals surface area contributed by atoms with Gasteiger partial charge < -0.3 is 29.2 Å². The maximum absolute atomic E-state index is 12.1. The zero-order chi connectivity index (χ0) is 42.0. The van der Waals surface area contributed by atoms with E-state index in [1.165, 1.54) is 5.56 Å². The van der Waals surface area contributed by atoms with Gasteiger partial charge in [0.2, 0.25) is 0 Å². The SMILES string of the molecule is C=C(C)C(=O)OCCCc1ccc(-c2ccc(-c3cc(CCCOC(=O)C(=C)C)c(OCCC(CC)(CO)CO)c(CCCOC(=O)C(=C)C)c3)c(CC)c2)cc1. The number of rotatable bonds is 25. The highest BCUT2D eigenvalue weighted by molar-refractivity contribution is 5.87. The van der Waals surface area contributed by atoms with Crippen molar-refractivity contribution < 1.29 is 43.5 Å². The van der Waals surface area contributed by atoms with Crippen LogP contribution in [-0.4, -0.2) is 67.8 Å². The molecule has 0 fully saturated rings. The van der Waals surface area contributed by atoms with Gasteiger partial charge in [-0.1, -0.05) is 76.0 Å². The van der Waals surface area contributed by atoms with Crippen LogP contribution < -0.4 is 4.74 Å². The molecular weight excluding hydrogens is 721 g/mol. The van der Waals surface area contributed by atoms with E-state index in [1.807, 2.05) is 6.92 Å². The van der Waals surface area contributed by atoms with Crippen molar-refractivity contribution in [3.05, 3.63) is 113 Å². The van der Waals surface area contributed by atoms with Gasteiger partial charge in [0.1, 0.15) is 5.75 Å². The maximum atomic E-state index is 12.1. The third-order valence-electron chi connectivity index (χ3n) is 10.2. The highest BCUT2D eigenvalue weighted by Crippen LogP contribution is 2.37. The van der Waals surface area contributed by atoms with E-state index >= 15 is 0 Å². The van der Waals surface area contributed by atoms with Crippen molar-refractivity contribution in [2.75, 3.05) is 39.6 Å². The molecule has 0 amide bonds. The van der Waals surface area contributed by atoms with E-state index in [0.29, 0.717) is 67.6 Å². The number of benzene rings is 3. The van der Waals surface area contributed by atoms with Crippen LogP contribution in [0.25, 0.3) is 22.3 Å². The summed E-state index contributed by atoms with van der Waals surface area (Å²) in [5.41, 5.74) is 8.95. The topological polar surface area (TPSA) is 129 Å². The Labute approximate surface area is 339 Å². The van der Waals surface area contributed by atoms with Crippen LogP contribution in [0, 0.1) is 5.41 Å². The van der Waals surface area contributed by atoms with Crippen molar-refractivity contribution >= 4 is 17.9 Å². The molecule has 0 radical (unpaired) electrons. The van der Waals surface area contributed by atoms with Gasteiger partial charge in [-0.15, -0.1) is 0 Å². The summed E-state index contributed by atoms with van der Waals surface area (Å²) in [6.45, 7) is 20.7. The standard InChI is InChI=1S/C48H62O9/c1-9-37-28-39(38-19-17-36(18-20-38)14-11-24-55-45(51)33(3)4)21-22-43(37)42-29-40(15-12-25-56-46(52)34(5)6)44(54-27-23-48(10-2,31-49)32-50)41(30-42)16-13-26-57-47(53)35(7)8/h17-22,28-30,49-50H,3,5,7,9-16,23-27,31-32H2,1-2,4,6,8H3. The number of carbonyl (C=O) groups is 3. The minimum Gasteiger partial charge on any atom is -0.493 e. The second-order valence-corrected chi connectivity index (χ2v) is 14.9. The second-order valence-electron chi connectivity index (χ2n) is 14.9. The van der Waals surface area contributed by atoms with Crippen LogP contribution in [-0.2, 0) is 54.3 Å². The first-order valence-corrected chi connectivity index (χ1v) is 20.0. The number of esters is 3. The molecule has 0 spiro atoms. The fourth-order valence-electron chi connectivity index (χ4n) is 6.32. The molecule has 2 N–H and O–H groups in total. The van der Waals surface area contributed by atoms with Crippen LogP contribution in [0.1, 0.15) is 89.0 Å². The van der Waals surface area contributed by atoms with E-state index in [-0.39, 0.29) is 39.0 Å². The van der Waals surface area contributed by atoms with Crippen LogP contribution in [0.5, 0.6) is 5.75 Å². The molecule has 0 heterocycles. The average Bonchev–Trinajstić information content (AvgIpc) is 3.21. The molecule has 0 aliphatic carbocycles. The molecule has 57 heavy (non-hydrogen) atoms. The fraction of sp³-hybridized carbons (Fsp3) is 0.438. The summed E-state index contributed by atoms with van der Waals surface area (Å²) in [7, 11) is 0. The molecule has 9 heteroatoms. The molecule has 0 aliphatic rings. The smallest absolute Gasteiger partial charge is 0.333 e. The predicted molar refractivity (Wildman–Crippen MR) is 226 cm³/mol. The number of ether oxygens (including phenoxy) is 4. The average molecular weight is 783 g/mol. The van der Waals surface area contributed by atoms with E-state index in [4.69, 9.17) is 18.9 Å². The number of hydrogen-bond acceptors (Lipinski definition) is 9. The third-order valence-corrected chi connectivity index (χ3v) is 10.2. The van der Waals surface area contributed by atoms with Crippen molar-refractivity contribution in [2.24, 2.45) is 5.41 Å². The summed E-state index contributed by atoms with van der Waals surface area (Å²) in [6.07, 6.45) is 5.59. The maximum Gasteiger partial charge on any atom is 0.333 e. The lowest BCUT2D eigenvalue weighted by Gasteiger charge is -2.28. The molecule has 308 valence electrons. The van der Waals surface area contributed by atoms with Gasteiger partial charge in [0.25, 0.3) is 0 Å². The molecule has 9 nitrogen and oxygen atoms in total. The Morgan fingerprint density at radius 1 is 0.596 bits per heavy atom. The molecule has 0 bridgehead atoms. The summed E-state index contributed by atoms with van der Waals surface area (Å²) in [5, 5.41) is 20.2. The first-order chi connectivity index (χ1) is 27.3. The fourth-order valence-corrected chi connectivity index (χ4v) is 6.32. The monoisotopic (exact) mass is 782 g/mol. The molecule has 3 rings (SSSR count). The molecule has 0 unspecified atom stereocenters. The predicted octanol–water partition coefficient (Wildman–Crippen LogP) is 8.89. The molecule has 3 aromatic rings. The number of aliphatic hydroxyl groups is 2. The zero-order valence-corrected chi connectivity index (χ0v) is 34.7. The zero-order valence-electron chi connectivity index (χ0n) is 34.7. The van der Waals surface area contributed by atoms with Crippen LogP contribution in [0.15, 0.2) is 91.1 Å². The molecule has 0 saturated carbocycles. The Morgan fingerprint density at radius 3 is 1.49 bits per heavy atom. The molecule has 3 aromatic carbocycles. The Bertz CT molecular complexity index is 1790. The van der Waals surface area contributed by atoms with Gasteiger partial charge in [-0.2, -0.15) is 0 Å². The Hall–Kier alpha value is -4.99. The van der Waals surface area contributed by atoms with E-state index in [9.17, 15) is 24.6 Å². The van der Waals surface area contributed by atoms with Crippen LogP contribution in [0.4, 0.5) is 0 Å². The highest BCUT2D eigenvalue weighted by Gasteiger charge is 2.27. The van der Waals surface area contributed by atoms with Gasteiger partial charge in [-0.3, -0.25) is 0 Å². The van der Waals surface area contributed by atoms with Crippen molar-refractivity contribution in [3.63, 3.8) is 0 Å². The minimum atomic E-state index is -0.660. The number of aryl methyl sites for hydroxylation is 4. The summed E-state index contributed by atoms with van der Waals surface area (Å²) < 4.78 is 22.6. The highest BCUT2D eigenvalue weighted by atomic mass is 16.5. The lowest BCUT2D eigenvalue weighted by molar-refractivity contribution is -0.139. The van der Waals surface area contributed by atoms with E-state index in [2.05, 4.69) is 81.3 Å². The third kappa shape index (κ3) is 14.2. The van der Waals surface area contributed by atoms with E-state index < -0.39 is 17.4 Å². The molecule has 0 saturated heterocycles. The van der Waals surface area contributed by atoms with Gasteiger partial charge in [0.15, 0.2) is 0 Å². The second kappa shape index (κ2) is 23.3. The van der Waals surface area contributed by atoms with Crippen LogP contribution in [0.3, 0.4) is 0 Å². The molecule has 0 atom stereocenters. The van der Waals surface area contributed by atoms with Gasteiger partial charge in [0.05, 0.1) is 39.6 Å². The summed E-state index contributed by atoms with van der Waals surface area (Å²) in [5.74, 6) is -0.520. The van der Waals surface area contributed by atoms with Crippen molar-refractivity contribution in [1.29, 1.82) is 0 Å². The van der Waals surface area contributed by atoms with Crippen molar-refractivity contribution in [2.45, 2.75) is 92.4 Å². The van der Waals surface area contributed by atoms with E-state index in [1.54, 1.807) is 20.8 Å². The molecule has 0 aliphatic heterocycles. The lowest BCUT2D eigenvalue weighted by Crippen LogP contribution is -2.31. The normalized spacial score (nSPS) is 11.1. The Morgan fingerprint density at radius 2 is 1.05 bits per heavy atom. The summed E-state index contributed by atoms with van der Waals surface area (Å²) in [4.78, 5) is 35.9. The van der Waals surface area contributed by atoms with Gasteiger partial charge in [-0.25, -0.2) is 14.4 Å². The first-order valence-electron chi connectivity index (χ1n) is 20.0. The van der Waals surface area contributed by atoms with E-state index in [0.717, 1.165) is 58.2 Å². The van der Waals surface area contributed by atoms with Gasteiger partial charge in [0, 0.05) is 22.1 Å². The number of hydrogen-bond donors (Lipinski definition) is 2. The summed E-state index contributed by atoms with van der Waals surface area (Å²) in [6, 6.07) is 19.3. The van der Waals surface area contributed by atoms with Crippen LogP contribution >= 0.6 is 0 Å². The molecular formula is C48H62O9. The lowest BCUT2D eigenvalue weighted by atomic mass is 9.84. The Balaban J connectivity index is 1.98. The quantitative estimate of drug-likeness (QED) is 0.0375. The number of carbonyl (C=O) groups excluding carboxylic acids is 3. The first kappa shape index (κ1) is 46.4.